The third-order valence-electron chi connectivity index (χ3n) is 5.35. The van der Waals surface area contributed by atoms with Gasteiger partial charge in [-0.3, -0.25) is 4.68 Å². The van der Waals surface area contributed by atoms with E-state index in [0.29, 0.717) is 0 Å². The first-order valence-corrected chi connectivity index (χ1v) is 8.92. The highest BCUT2D eigenvalue weighted by Crippen LogP contribution is 2.37. The molecule has 0 saturated heterocycles. The van der Waals surface area contributed by atoms with Crippen LogP contribution in [0.15, 0.2) is 12.3 Å². The molecule has 1 aromatic heterocycles. The van der Waals surface area contributed by atoms with Gasteiger partial charge < -0.3 is 5.32 Å². The van der Waals surface area contributed by atoms with Gasteiger partial charge in [0.25, 0.3) is 0 Å². The summed E-state index contributed by atoms with van der Waals surface area (Å²) in [6.07, 6.45) is 11.3. The van der Waals surface area contributed by atoms with Crippen LogP contribution in [0.5, 0.6) is 0 Å². The van der Waals surface area contributed by atoms with Crippen molar-refractivity contribution in [1.82, 2.24) is 15.1 Å². The Kier molecular flexibility index (Phi) is 6.75. The minimum Gasteiger partial charge on any atom is -0.316 e. The minimum atomic E-state index is 0.882. The van der Waals surface area contributed by atoms with Crippen molar-refractivity contribution in [2.45, 2.75) is 58.8 Å². The number of aryl methyl sites for hydroxylation is 2. The molecule has 0 aromatic carbocycles. The topological polar surface area (TPSA) is 29.9 Å². The first-order valence-electron chi connectivity index (χ1n) is 8.92. The van der Waals surface area contributed by atoms with Crippen LogP contribution in [0, 0.1) is 17.8 Å². The van der Waals surface area contributed by atoms with Crippen LogP contribution in [0.4, 0.5) is 0 Å². The highest BCUT2D eigenvalue weighted by atomic mass is 15.2. The lowest BCUT2D eigenvalue weighted by Gasteiger charge is -2.36. The van der Waals surface area contributed by atoms with Crippen molar-refractivity contribution < 1.29 is 0 Å². The average molecular weight is 291 g/mol. The van der Waals surface area contributed by atoms with Crippen LogP contribution in [0.1, 0.15) is 58.1 Å². The molecular weight excluding hydrogens is 258 g/mol. The van der Waals surface area contributed by atoms with E-state index in [1.165, 1.54) is 63.7 Å². The van der Waals surface area contributed by atoms with Gasteiger partial charge in [0.2, 0.25) is 0 Å². The van der Waals surface area contributed by atoms with E-state index in [-0.39, 0.29) is 0 Å². The van der Waals surface area contributed by atoms with Crippen molar-refractivity contribution >= 4 is 0 Å². The molecule has 1 fully saturated rings. The summed E-state index contributed by atoms with van der Waals surface area (Å²) in [6, 6.07) is 2.17. The van der Waals surface area contributed by atoms with Crippen LogP contribution in [0.2, 0.25) is 0 Å². The Hall–Kier alpha value is -0.830. The van der Waals surface area contributed by atoms with E-state index >= 15 is 0 Å². The van der Waals surface area contributed by atoms with E-state index in [1.807, 2.05) is 10.9 Å². The Balaban J connectivity index is 1.88. The van der Waals surface area contributed by atoms with Crippen LogP contribution in [0.3, 0.4) is 0 Å². The molecule has 21 heavy (non-hydrogen) atoms. The van der Waals surface area contributed by atoms with E-state index in [2.05, 4.69) is 37.4 Å². The molecule has 2 rings (SSSR count). The number of rotatable bonds is 8. The van der Waals surface area contributed by atoms with Crippen molar-refractivity contribution in [3.05, 3.63) is 18.0 Å². The molecule has 0 radical (unpaired) electrons. The molecule has 0 spiro atoms. The molecule has 0 aliphatic heterocycles. The van der Waals surface area contributed by atoms with Gasteiger partial charge in [-0.05, 0) is 69.0 Å². The molecule has 1 N–H and O–H groups in total. The predicted octanol–water partition coefficient (Wildman–Crippen LogP) is 3.79. The van der Waals surface area contributed by atoms with Crippen molar-refractivity contribution in [3.8, 4) is 0 Å². The maximum atomic E-state index is 4.30. The second-order valence-electron chi connectivity index (χ2n) is 6.80. The summed E-state index contributed by atoms with van der Waals surface area (Å²) in [5.41, 5.74) is 1.38. The molecule has 1 saturated carbocycles. The Labute approximate surface area is 130 Å². The Morgan fingerprint density at radius 1 is 1.29 bits per heavy atom. The van der Waals surface area contributed by atoms with Crippen molar-refractivity contribution in [3.63, 3.8) is 0 Å². The molecule has 1 aliphatic carbocycles. The monoisotopic (exact) mass is 291 g/mol. The highest BCUT2D eigenvalue weighted by Gasteiger charge is 2.29. The molecule has 0 bridgehead atoms. The van der Waals surface area contributed by atoms with Crippen molar-refractivity contribution in [1.29, 1.82) is 0 Å². The zero-order valence-corrected chi connectivity index (χ0v) is 14.1. The van der Waals surface area contributed by atoms with Crippen LogP contribution in [0.25, 0.3) is 0 Å². The van der Waals surface area contributed by atoms with E-state index in [9.17, 15) is 0 Å². The van der Waals surface area contributed by atoms with Crippen LogP contribution in [-0.2, 0) is 13.5 Å². The summed E-state index contributed by atoms with van der Waals surface area (Å²) >= 11 is 0. The van der Waals surface area contributed by atoms with Gasteiger partial charge in [0, 0.05) is 18.9 Å². The third-order valence-corrected chi connectivity index (χ3v) is 5.35. The molecule has 3 unspecified atom stereocenters. The number of hydrogen-bond acceptors (Lipinski definition) is 2. The fraction of sp³-hybridized carbons (Fsp3) is 0.833. The van der Waals surface area contributed by atoms with E-state index < -0.39 is 0 Å². The maximum absolute atomic E-state index is 4.30. The minimum absolute atomic E-state index is 0.882. The van der Waals surface area contributed by atoms with E-state index in [4.69, 9.17) is 0 Å². The SMILES string of the molecule is CCCNCC1CCC(CC)CC1CCc1ccnn1C. The van der Waals surface area contributed by atoms with Gasteiger partial charge >= 0.3 is 0 Å². The summed E-state index contributed by atoms with van der Waals surface area (Å²) in [7, 11) is 2.06. The summed E-state index contributed by atoms with van der Waals surface area (Å²) in [5, 5.41) is 7.95. The lowest BCUT2D eigenvalue weighted by molar-refractivity contribution is 0.163. The summed E-state index contributed by atoms with van der Waals surface area (Å²) < 4.78 is 2.03. The normalized spacial score (nSPS) is 26.1. The molecule has 3 atom stereocenters. The Morgan fingerprint density at radius 2 is 2.14 bits per heavy atom. The molecular formula is C18H33N3. The predicted molar refractivity (Wildman–Crippen MR) is 89.3 cm³/mol. The molecule has 1 aliphatic rings. The largest absolute Gasteiger partial charge is 0.316 e. The van der Waals surface area contributed by atoms with Crippen LogP contribution < -0.4 is 5.32 Å². The third kappa shape index (κ3) is 4.84. The zero-order valence-electron chi connectivity index (χ0n) is 14.1. The van der Waals surface area contributed by atoms with Crippen molar-refractivity contribution in [2.75, 3.05) is 13.1 Å². The number of hydrogen-bond donors (Lipinski definition) is 1. The van der Waals surface area contributed by atoms with Gasteiger partial charge in [-0.15, -0.1) is 0 Å². The number of aromatic nitrogens is 2. The van der Waals surface area contributed by atoms with Gasteiger partial charge in [0.05, 0.1) is 0 Å². The lowest BCUT2D eigenvalue weighted by Crippen LogP contribution is -2.33. The average Bonchev–Trinajstić information content (AvgIpc) is 2.91. The Morgan fingerprint density at radius 3 is 2.81 bits per heavy atom. The van der Waals surface area contributed by atoms with Gasteiger partial charge in [-0.1, -0.05) is 26.7 Å². The Bertz CT molecular complexity index is 397. The second kappa shape index (κ2) is 8.57. The lowest BCUT2D eigenvalue weighted by atomic mass is 9.71. The van der Waals surface area contributed by atoms with Crippen LogP contribution in [-0.4, -0.2) is 22.9 Å². The van der Waals surface area contributed by atoms with Gasteiger partial charge in [-0.2, -0.15) is 5.10 Å². The van der Waals surface area contributed by atoms with Gasteiger partial charge in [0.15, 0.2) is 0 Å². The smallest absolute Gasteiger partial charge is 0.0492 e. The molecule has 120 valence electrons. The standard InChI is InChI=1S/C18H33N3/c1-4-11-19-14-17-7-6-15(5-2)13-16(17)8-9-18-10-12-20-21(18)3/h10,12,15-17,19H,4-9,11,13-14H2,1-3H3. The summed E-state index contributed by atoms with van der Waals surface area (Å²) in [5.74, 6) is 2.74. The van der Waals surface area contributed by atoms with Gasteiger partial charge in [0.1, 0.15) is 0 Å². The second-order valence-corrected chi connectivity index (χ2v) is 6.80. The quantitative estimate of drug-likeness (QED) is 0.738. The molecule has 3 nitrogen and oxygen atoms in total. The zero-order chi connectivity index (χ0) is 15.1. The maximum Gasteiger partial charge on any atom is 0.0492 e. The van der Waals surface area contributed by atoms with Gasteiger partial charge in [-0.25, -0.2) is 0 Å². The van der Waals surface area contributed by atoms with E-state index in [0.717, 1.165) is 17.8 Å². The number of nitrogens with zero attached hydrogens (tertiary/aromatic N) is 2. The fourth-order valence-electron chi connectivity index (χ4n) is 3.86. The molecule has 0 amide bonds. The fourth-order valence-corrected chi connectivity index (χ4v) is 3.86. The highest BCUT2D eigenvalue weighted by molar-refractivity contribution is 5.00. The first kappa shape index (κ1) is 16.5. The summed E-state index contributed by atoms with van der Waals surface area (Å²) in [6.45, 7) is 7.00. The molecule has 1 heterocycles. The van der Waals surface area contributed by atoms with Crippen LogP contribution >= 0.6 is 0 Å². The summed E-state index contributed by atoms with van der Waals surface area (Å²) in [4.78, 5) is 0. The number of nitrogens with one attached hydrogen (secondary N) is 1. The van der Waals surface area contributed by atoms with E-state index in [1.54, 1.807) is 0 Å². The molecule has 1 aromatic rings. The first-order chi connectivity index (χ1) is 10.2. The molecule has 3 heteroatoms. The van der Waals surface area contributed by atoms with Crippen molar-refractivity contribution in [2.24, 2.45) is 24.8 Å².